The van der Waals surface area contributed by atoms with Crippen molar-refractivity contribution < 1.29 is 9.32 Å². The van der Waals surface area contributed by atoms with E-state index in [0.29, 0.717) is 13.1 Å². The molecular weight excluding hydrogens is 254 g/mol. The molecule has 1 heterocycles. The molecule has 2 rings (SSSR count). The van der Waals surface area contributed by atoms with Crippen LogP contribution in [0.5, 0.6) is 0 Å². The van der Waals surface area contributed by atoms with Crippen molar-refractivity contribution in [1.29, 1.82) is 0 Å². The summed E-state index contributed by atoms with van der Waals surface area (Å²) in [6, 6.07) is 7.61. The van der Waals surface area contributed by atoms with E-state index in [-0.39, 0.29) is 11.7 Å². The van der Waals surface area contributed by atoms with E-state index in [1.807, 2.05) is 24.3 Å². The first-order chi connectivity index (χ1) is 9.70. The summed E-state index contributed by atoms with van der Waals surface area (Å²) in [5.74, 6) is 5.70. The highest BCUT2D eigenvalue weighted by Gasteiger charge is 2.13. The molecule has 1 amide bonds. The Morgan fingerprint density at radius 1 is 1.40 bits per heavy atom. The van der Waals surface area contributed by atoms with Crippen molar-refractivity contribution in [2.24, 2.45) is 5.73 Å². The number of rotatable bonds is 3. The third kappa shape index (κ3) is 3.46. The molecule has 0 bridgehead atoms. The predicted molar refractivity (Wildman–Crippen MR) is 74.8 cm³/mol. The van der Waals surface area contributed by atoms with Gasteiger partial charge >= 0.3 is 0 Å². The SMILES string of the molecule is Cc1cnoc1C(=O)NCc1ccc(C#CCN)cc1. The summed E-state index contributed by atoms with van der Waals surface area (Å²) >= 11 is 0. The van der Waals surface area contributed by atoms with E-state index in [1.165, 1.54) is 6.20 Å². The van der Waals surface area contributed by atoms with Crippen molar-refractivity contribution >= 4 is 5.91 Å². The lowest BCUT2D eigenvalue weighted by molar-refractivity contribution is 0.0913. The van der Waals surface area contributed by atoms with Gasteiger partial charge in [-0.3, -0.25) is 4.79 Å². The molecule has 2 aromatic rings. The van der Waals surface area contributed by atoms with Gasteiger partial charge in [0.2, 0.25) is 5.76 Å². The quantitative estimate of drug-likeness (QED) is 0.821. The molecule has 1 aromatic heterocycles. The molecular formula is C15H15N3O2. The highest BCUT2D eigenvalue weighted by molar-refractivity contribution is 5.92. The van der Waals surface area contributed by atoms with Gasteiger partial charge in [-0.25, -0.2) is 0 Å². The zero-order valence-corrected chi connectivity index (χ0v) is 11.1. The number of hydrogen-bond donors (Lipinski definition) is 2. The molecule has 0 radical (unpaired) electrons. The summed E-state index contributed by atoms with van der Waals surface area (Å²) < 4.78 is 4.89. The number of carbonyl (C=O) groups is 1. The summed E-state index contributed by atoms with van der Waals surface area (Å²) in [5.41, 5.74) is 7.91. The van der Waals surface area contributed by atoms with Gasteiger partial charge < -0.3 is 15.6 Å². The Morgan fingerprint density at radius 3 is 2.75 bits per heavy atom. The van der Waals surface area contributed by atoms with Gasteiger partial charge in [-0.15, -0.1) is 0 Å². The van der Waals surface area contributed by atoms with Crippen LogP contribution in [-0.4, -0.2) is 17.6 Å². The number of nitrogens with one attached hydrogen (secondary N) is 1. The normalized spacial score (nSPS) is 9.70. The molecule has 0 saturated heterocycles. The average Bonchev–Trinajstić information content (AvgIpc) is 2.90. The number of carbonyl (C=O) groups excluding carboxylic acids is 1. The molecule has 0 aliphatic heterocycles. The van der Waals surface area contributed by atoms with E-state index in [0.717, 1.165) is 16.7 Å². The number of hydrogen-bond acceptors (Lipinski definition) is 4. The maximum atomic E-state index is 11.8. The fourth-order valence-electron chi connectivity index (χ4n) is 1.63. The molecule has 0 spiro atoms. The molecule has 0 fully saturated rings. The van der Waals surface area contributed by atoms with Gasteiger partial charge in [0.1, 0.15) is 0 Å². The highest BCUT2D eigenvalue weighted by Crippen LogP contribution is 2.07. The van der Waals surface area contributed by atoms with Crippen molar-refractivity contribution in [3.8, 4) is 11.8 Å². The summed E-state index contributed by atoms with van der Waals surface area (Å²) in [4.78, 5) is 11.8. The van der Waals surface area contributed by atoms with E-state index < -0.39 is 0 Å². The van der Waals surface area contributed by atoms with Crippen LogP contribution in [-0.2, 0) is 6.54 Å². The fraction of sp³-hybridized carbons (Fsp3) is 0.200. The Morgan fingerprint density at radius 2 is 2.15 bits per heavy atom. The van der Waals surface area contributed by atoms with Gasteiger partial charge in [-0.2, -0.15) is 0 Å². The van der Waals surface area contributed by atoms with Crippen LogP contribution in [0, 0.1) is 18.8 Å². The topological polar surface area (TPSA) is 81.2 Å². The van der Waals surface area contributed by atoms with Crippen LogP contribution >= 0.6 is 0 Å². The van der Waals surface area contributed by atoms with Crippen LogP contribution in [0.1, 0.15) is 27.2 Å². The third-order valence-electron chi connectivity index (χ3n) is 2.70. The number of nitrogens with two attached hydrogens (primary N) is 1. The smallest absolute Gasteiger partial charge is 0.290 e. The lowest BCUT2D eigenvalue weighted by Crippen LogP contribution is -2.22. The highest BCUT2D eigenvalue weighted by atomic mass is 16.5. The van der Waals surface area contributed by atoms with Gasteiger partial charge in [0.05, 0.1) is 12.7 Å². The van der Waals surface area contributed by atoms with Gasteiger partial charge in [0.15, 0.2) is 0 Å². The first-order valence-electron chi connectivity index (χ1n) is 6.18. The summed E-state index contributed by atoms with van der Waals surface area (Å²) in [6.07, 6.45) is 1.51. The summed E-state index contributed by atoms with van der Waals surface area (Å²) in [6.45, 7) is 2.54. The largest absolute Gasteiger partial charge is 0.351 e. The number of benzene rings is 1. The number of aryl methyl sites for hydroxylation is 1. The van der Waals surface area contributed by atoms with Gasteiger partial charge in [0.25, 0.3) is 5.91 Å². The second-order valence-electron chi connectivity index (χ2n) is 4.22. The lowest BCUT2D eigenvalue weighted by atomic mass is 10.1. The van der Waals surface area contributed by atoms with Crippen LogP contribution in [0.25, 0.3) is 0 Å². The fourth-order valence-corrected chi connectivity index (χ4v) is 1.63. The van der Waals surface area contributed by atoms with Crippen LogP contribution in [0.15, 0.2) is 35.0 Å². The second-order valence-corrected chi connectivity index (χ2v) is 4.22. The van der Waals surface area contributed by atoms with E-state index in [2.05, 4.69) is 22.3 Å². The molecule has 5 heteroatoms. The van der Waals surface area contributed by atoms with Gasteiger partial charge in [-0.05, 0) is 24.6 Å². The minimum absolute atomic E-state index is 0.246. The van der Waals surface area contributed by atoms with Crippen molar-refractivity contribution in [3.05, 3.63) is 52.9 Å². The molecule has 0 unspecified atom stereocenters. The number of nitrogens with zero attached hydrogens (tertiary/aromatic N) is 1. The van der Waals surface area contributed by atoms with E-state index in [1.54, 1.807) is 6.92 Å². The first-order valence-corrected chi connectivity index (χ1v) is 6.18. The summed E-state index contributed by atoms with van der Waals surface area (Å²) in [7, 11) is 0. The van der Waals surface area contributed by atoms with E-state index >= 15 is 0 Å². The maximum absolute atomic E-state index is 11.8. The molecule has 0 aliphatic rings. The molecule has 0 saturated carbocycles. The number of amides is 1. The Balaban J connectivity index is 1.94. The molecule has 3 N–H and O–H groups in total. The molecule has 5 nitrogen and oxygen atoms in total. The minimum Gasteiger partial charge on any atom is -0.351 e. The summed E-state index contributed by atoms with van der Waals surface area (Å²) in [5, 5.41) is 6.35. The maximum Gasteiger partial charge on any atom is 0.290 e. The second kappa shape index (κ2) is 6.55. The first kappa shape index (κ1) is 13.8. The lowest BCUT2D eigenvalue weighted by Gasteiger charge is -2.03. The van der Waals surface area contributed by atoms with Crippen molar-refractivity contribution in [2.45, 2.75) is 13.5 Å². The Kier molecular flexibility index (Phi) is 4.53. The minimum atomic E-state index is -0.271. The standard InChI is InChI=1S/C15H15N3O2/c1-11-9-18-20-14(11)15(19)17-10-13-6-4-12(5-7-13)3-2-8-16/h4-7,9H,8,10,16H2,1H3,(H,17,19). The monoisotopic (exact) mass is 269 g/mol. The molecule has 102 valence electrons. The van der Waals surface area contributed by atoms with Crippen LogP contribution in [0.4, 0.5) is 0 Å². The van der Waals surface area contributed by atoms with Crippen molar-refractivity contribution in [3.63, 3.8) is 0 Å². The average molecular weight is 269 g/mol. The molecule has 0 aliphatic carbocycles. The zero-order chi connectivity index (χ0) is 14.4. The Hall–Kier alpha value is -2.58. The molecule has 20 heavy (non-hydrogen) atoms. The van der Waals surface area contributed by atoms with Crippen LogP contribution < -0.4 is 11.1 Å². The Bertz CT molecular complexity index is 648. The molecule has 1 aromatic carbocycles. The van der Waals surface area contributed by atoms with Gasteiger partial charge in [-0.1, -0.05) is 29.1 Å². The third-order valence-corrected chi connectivity index (χ3v) is 2.70. The predicted octanol–water partition coefficient (Wildman–Crippen LogP) is 1.22. The van der Waals surface area contributed by atoms with Crippen molar-refractivity contribution in [2.75, 3.05) is 6.54 Å². The Labute approximate surface area is 117 Å². The number of aromatic nitrogens is 1. The van der Waals surface area contributed by atoms with Crippen LogP contribution in [0.3, 0.4) is 0 Å². The van der Waals surface area contributed by atoms with E-state index in [9.17, 15) is 4.79 Å². The zero-order valence-electron chi connectivity index (χ0n) is 11.1. The van der Waals surface area contributed by atoms with Crippen LogP contribution in [0.2, 0.25) is 0 Å². The van der Waals surface area contributed by atoms with Gasteiger partial charge in [0, 0.05) is 17.7 Å². The molecule has 0 atom stereocenters. The van der Waals surface area contributed by atoms with Crippen molar-refractivity contribution in [1.82, 2.24) is 10.5 Å². The van der Waals surface area contributed by atoms with E-state index in [4.69, 9.17) is 10.3 Å².